The third-order valence-electron chi connectivity index (χ3n) is 4.38. The summed E-state index contributed by atoms with van der Waals surface area (Å²) in [6.45, 7) is 0. The number of fused-ring (bicyclic) bond motifs is 1. The van der Waals surface area contributed by atoms with Crippen LogP contribution in [0.25, 0.3) is 0 Å². The molecule has 1 aromatic carbocycles. The highest BCUT2D eigenvalue weighted by Gasteiger charge is 2.54. The highest BCUT2D eigenvalue weighted by molar-refractivity contribution is 6.32. The van der Waals surface area contributed by atoms with Crippen molar-refractivity contribution in [2.45, 2.75) is 18.4 Å². The fourth-order valence-electron chi connectivity index (χ4n) is 2.94. The summed E-state index contributed by atoms with van der Waals surface area (Å²) >= 11 is 6.25. The molecule has 0 saturated carbocycles. The summed E-state index contributed by atoms with van der Waals surface area (Å²) in [6.07, 6.45) is -4.75. The maximum atomic E-state index is 13.9. The quantitative estimate of drug-likeness (QED) is 0.465. The van der Waals surface area contributed by atoms with Gasteiger partial charge in [0.2, 0.25) is 0 Å². The van der Waals surface area contributed by atoms with Crippen molar-refractivity contribution >= 4 is 23.3 Å². The number of carbonyl (C=O) groups is 1. The number of hydrogen-bond acceptors (Lipinski definition) is 6. The maximum Gasteiger partial charge on any atom is 0.540 e. The molecule has 35 heavy (non-hydrogen) atoms. The van der Waals surface area contributed by atoms with E-state index in [0.717, 1.165) is 18.2 Å². The third kappa shape index (κ3) is 5.63. The lowest BCUT2D eigenvalue weighted by atomic mass is 10.1. The van der Waals surface area contributed by atoms with Crippen LogP contribution in [0.1, 0.15) is 11.3 Å². The number of benzene rings is 1. The summed E-state index contributed by atoms with van der Waals surface area (Å²) in [5, 5.41) is 13.7. The summed E-state index contributed by atoms with van der Waals surface area (Å²) < 4.78 is 67.2. The van der Waals surface area contributed by atoms with Gasteiger partial charge in [0.05, 0.1) is 10.6 Å². The van der Waals surface area contributed by atoms with E-state index in [0.29, 0.717) is 0 Å². The first-order valence-corrected chi connectivity index (χ1v) is 9.92. The largest absolute Gasteiger partial charge is 0.540 e. The van der Waals surface area contributed by atoms with Crippen molar-refractivity contribution in [3.63, 3.8) is 0 Å². The van der Waals surface area contributed by atoms with Crippen LogP contribution in [-0.2, 0) is 10.8 Å². The number of nitriles is 1. The number of ether oxygens (including phenoxy) is 3. The van der Waals surface area contributed by atoms with E-state index in [4.69, 9.17) is 21.6 Å². The molecule has 1 aromatic heterocycles. The lowest BCUT2D eigenvalue weighted by Crippen LogP contribution is -2.41. The summed E-state index contributed by atoms with van der Waals surface area (Å²) in [5.41, 5.74) is -1.01. The van der Waals surface area contributed by atoms with E-state index in [1.54, 1.807) is 0 Å². The van der Waals surface area contributed by atoms with Crippen LogP contribution in [-0.4, -0.2) is 23.4 Å². The standard InChI is InChI=1S/C22H11ClF4N4O4/c23-17-10-12(2-1-3-19(17)33-15-6-7-29-14(8-15)11-28)30-20(32)31-13-4-5-18-16(9-13)21(24,25)35-22(26,27)34-18/h3-10,12H,(H2,30,31,32). The molecule has 1 aliphatic heterocycles. The lowest BCUT2D eigenvalue weighted by Gasteiger charge is -2.30. The minimum absolute atomic E-state index is 0.0757. The number of pyridine rings is 1. The van der Waals surface area contributed by atoms with Crippen molar-refractivity contribution in [3.8, 4) is 29.4 Å². The molecule has 2 heterocycles. The Hall–Kier alpha value is -4.26. The van der Waals surface area contributed by atoms with E-state index >= 15 is 0 Å². The molecule has 8 nitrogen and oxygen atoms in total. The van der Waals surface area contributed by atoms with E-state index < -0.39 is 35.8 Å². The molecular formula is C22H11ClF4N4O4. The lowest BCUT2D eigenvalue weighted by molar-refractivity contribution is -0.461. The number of nitrogens with one attached hydrogen (secondary N) is 2. The first kappa shape index (κ1) is 23.9. The number of alkyl halides is 4. The van der Waals surface area contributed by atoms with Gasteiger partial charge in [0.25, 0.3) is 0 Å². The van der Waals surface area contributed by atoms with Gasteiger partial charge in [0, 0.05) is 24.0 Å². The Morgan fingerprint density at radius 2 is 2.06 bits per heavy atom. The van der Waals surface area contributed by atoms with Crippen molar-refractivity contribution in [2.75, 3.05) is 5.32 Å². The molecule has 0 bridgehead atoms. The molecule has 0 saturated heterocycles. The van der Waals surface area contributed by atoms with E-state index in [1.165, 1.54) is 30.5 Å². The number of carbonyl (C=O) groups excluding carboxylic acids is 1. The van der Waals surface area contributed by atoms with Crippen molar-refractivity contribution in [1.29, 1.82) is 5.26 Å². The second-order valence-electron chi connectivity index (χ2n) is 6.87. The minimum atomic E-state index is -4.50. The molecule has 1 unspecified atom stereocenters. The highest BCUT2D eigenvalue weighted by Crippen LogP contribution is 2.46. The Morgan fingerprint density at radius 3 is 2.83 bits per heavy atom. The van der Waals surface area contributed by atoms with Crippen LogP contribution in [0.3, 0.4) is 0 Å². The summed E-state index contributed by atoms with van der Waals surface area (Å²) in [6, 6.07) is 5.70. The van der Waals surface area contributed by atoms with E-state index in [1.807, 2.05) is 6.07 Å². The molecule has 0 radical (unpaired) electrons. The van der Waals surface area contributed by atoms with Crippen LogP contribution in [0.4, 0.5) is 28.0 Å². The molecule has 1 atom stereocenters. The average molecular weight is 507 g/mol. The molecule has 0 spiro atoms. The molecule has 1 aliphatic carbocycles. The molecule has 178 valence electrons. The topological polar surface area (TPSA) is 106 Å². The number of halogens is 5. The molecule has 0 fully saturated rings. The van der Waals surface area contributed by atoms with Crippen LogP contribution in [0.5, 0.6) is 11.5 Å². The van der Waals surface area contributed by atoms with Crippen molar-refractivity contribution < 1.29 is 36.6 Å². The van der Waals surface area contributed by atoms with Crippen LogP contribution in [0.2, 0.25) is 0 Å². The van der Waals surface area contributed by atoms with Gasteiger partial charge in [-0.1, -0.05) is 23.4 Å². The first-order chi connectivity index (χ1) is 16.5. The number of allylic oxidation sites excluding steroid dienone is 2. The van der Waals surface area contributed by atoms with Crippen molar-refractivity contribution in [1.82, 2.24) is 10.3 Å². The summed E-state index contributed by atoms with van der Waals surface area (Å²) in [7, 11) is 0. The number of anilines is 1. The Balaban J connectivity index is 1.42. The zero-order valence-corrected chi connectivity index (χ0v) is 17.9. The zero-order valence-electron chi connectivity index (χ0n) is 17.1. The van der Waals surface area contributed by atoms with Gasteiger partial charge < -0.3 is 20.1 Å². The number of nitrogens with zero attached hydrogens (tertiary/aromatic N) is 2. The second-order valence-corrected chi connectivity index (χ2v) is 7.28. The van der Waals surface area contributed by atoms with Crippen molar-refractivity contribution in [2.24, 2.45) is 0 Å². The predicted octanol–water partition coefficient (Wildman–Crippen LogP) is 4.55. The zero-order chi connectivity index (χ0) is 25.2. The molecule has 2 amide bonds. The monoisotopic (exact) mass is 506 g/mol. The summed E-state index contributed by atoms with van der Waals surface area (Å²) in [4.78, 5) is 16.2. The second kappa shape index (κ2) is 9.18. The maximum absolute atomic E-state index is 13.9. The fourth-order valence-corrected chi connectivity index (χ4v) is 3.16. The van der Waals surface area contributed by atoms with Gasteiger partial charge in [0.15, 0.2) is 5.76 Å². The minimum Gasteiger partial charge on any atom is -0.455 e. The van der Waals surface area contributed by atoms with Crippen LogP contribution in [0.15, 0.2) is 59.5 Å². The molecule has 2 N–H and O–H groups in total. The van der Waals surface area contributed by atoms with Crippen LogP contribution < -0.4 is 20.1 Å². The Labute approximate surface area is 199 Å². The van der Waals surface area contributed by atoms with Crippen LogP contribution >= 0.6 is 11.6 Å². The van der Waals surface area contributed by atoms with Crippen molar-refractivity contribution in [3.05, 3.63) is 70.7 Å². The number of rotatable bonds is 4. The van der Waals surface area contributed by atoms with Gasteiger partial charge in [-0.05, 0) is 30.3 Å². The van der Waals surface area contributed by atoms with Gasteiger partial charge in [-0.2, -0.15) is 14.0 Å². The SMILES string of the molecule is N#Cc1cc(OC2=CC#CC(NC(=O)Nc3ccc4c(c3)C(F)(F)OC(F)(F)O4)C=C2Cl)ccn1. The molecule has 13 heteroatoms. The number of aromatic nitrogens is 1. The molecule has 2 aliphatic rings. The normalized spacial score (nSPS) is 19.1. The Bertz CT molecular complexity index is 1360. The molecular weight excluding hydrogens is 496 g/mol. The average Bonchev–Trinajstić information content (AvgIpc) is 2.94. The smallest absolute Gasteiger partial charge is 0.455 e. The third-order valence-corrected chi connectivity index (χ3v) is 4.69. The van der Waals surface area contributed by atoms with E-state index in [2.05, 4.69) is 36.9 Å². The van der Waals surface area contributed by atoms with Gasteiger partial charge >= 0.3 is 18.4 Å². The van der Waals surface area contributed by atoms with E-state index in [9.17, 15) is 22.4 Å². The number of hydrogen-bond donors (Lipinski definition) is 2. The highest BCUT2D eigenvalue weighted by atomic mass is 35.5. The Morgan fingerprint density at radius 1 is 1.26 bits per heavy atom. The fraction of sp³-hybridized carbons (Fsp3) is 0.136. The Kier molecular flexibility index (Phi) is 6.26. The number of amides is 2. The van der Waals surface area contributed by atoms with Gasteiger partial charge in [-0.15, -0.1) is 8.78 Å². The van der Waals surface area contributed by atoms with Gasteiger partial charge in [-0.25, -0.2) is 14.5 Å². The van der Waals surface area contributed by atoms with Gasteiger partial charge in [0.1, 0.15) is 29.3 Å². The first-order valence-electron chi connectivity index (χ1n) is 9.54. The number of urea groups is 1. The predicted molar refractivity (Wildman–Crippen MR) is 112 cm³/mol. The molecule has 2 aromatic rings. The molecule has 4 rings (SSSR count). The van der Waals surface area contributed by atoms with E-state index in [-0.39, 0.29) is 27.9 Å². The van der Waals surface area contributed by atoms with Crippen LogP contribution in [0, 0.1) is 23.2 Å². The van der Waals surface area contributed by atoms with Gasteiger partial charge in [-0.3, -0.25) is 0 Å². The summed E-state index contributed by atoms with van der Waals surface area (Å²) in [5.74, 6) is 4.99.